The smallest absolute Gasteiger partial charge is 0.397 e. The minimum Gasteiger partial charge on any atom is -0.479 e. The zero-order chi connectivity index (χ0) is 24.6. The molecule has 9 N–H and O–H groups in total. The van der Waals surface area contributed by atoms with E-state index in [0.717, 1.165) is 0 Å². The van der Waals surface area contributed by atoms with Gasteiger partial charge in [-0.2, -0.15) is 16.8 Å². The predicted molar refractivity (Wildman–Crippen MR) is 92.0 cm³/mol. The van der Waals surface area contributed by atoms with E-state index >= 15 is 0 Å². The molecule has 20 heteroatoms. The van der Waals surface area contributed by atoms with Gasteiger partial charge >= 0.3 is 26.8 Å². The van der Waals surface area contributed by atoms with Gasteiger partial charge in [0, 0.05) is 0 Å². The van der Waals surface area contributed by atoms with E-state index in [4.69, 9.17) is 34.2 Å². The molecule has 0 aromatic heterocycles. The maximum Gasteiger partial charge on any atom is 0.397 e. The minimum absolute atomic E-state index is 1.02. The van der Waals surface area contributed by atoms with Crippen LogP contribution in [0.25, 0.3) is 0 Å². The van der Waals surface area contributed by atoms with Crippen molar-refractivity contribution in [2.24, 2.45) is 5.73 Å². The summed E-state index contributed by atoms with van der Waals surface area (Å²) in [6, 6.07) is -1.78. The van der Waals surface area contributed by atoms with Gasteiger partial charge in [0.1, 0.15) is 30.5 Å². The second kappa shape index (κ2) is 10.0. The van der Waals surface area contributed by atoms with Crippen LogP contribution in [0.4, 0.5) is 0 Å². The Morgan fingerprint density at radius 2 is 1.44 bits per heavy atom. The van der Waals surface area contributed by atoms with Gasteiger partial charge in [-0.15, -0.1) is 0 Å². The van der Waals surface area contributed by atoms with E-state index in [9.17, 15) is 42.1 Å². The molecular weight excluding hydrogens is 494 g/mol. The van der Waals surface area contributed by atoms with Crippen LogP contribution in [-0.2, 0) is 48.2 Å². The molecule has 0 saturated carbocycles. The van der Waals surface area contributed by atoms with Gasteiger partial charge in [0.05, 0.1) is 12.6 Å². The van der Waals surface area contributed by atoms with Gasteiger partial charge in [0.15, 0.2) is 24.8 Å². The van der Waals surface area contributed by atoms with E-state index in [1.54, 1.807) is 0 Å². The van der Waals surface area contributed by atoms with E-state index in [1.165, 1.54) is 0 Å². The Balaban J connectivity index is 2.45. The average Bonchev–Trinajstić information content (AvgIpc) is 2.64. The fourth-order valence-electron chi connectivity index (χ4n) is 3.06. The van der Waals surface area contributed by atoms with Crippen molar-refractivity contribution in [3.05, 3.63) is 0 Å². The van der Waals surface area contributed by atoms with Gasteiger partial charge in [-0.1, -0.05) is 0 Å². The number of rotatable bonds is 8. The topological polar surface area (TPSA) is 299 Å². The van der Waals surface area contributed by atoms with Gasteiger partial charge in [-0.05, 0) is 0 Å². The molecule has 0 spiro atoms. The maximum absolute atomic E-state index is 11.3. The summed E-state index contributed by atoms with van der Waals surface area (Å²) in [5.41, 5.74) is 5.57. The molecule has 2 rings (SSSR count). The molecule has 0 bridgehead atoms. The van der Waals surface area contributed by atoms with Crippen LogP contribution in [-0.4, -0.2) is 125 Å². The first-order valence-electron chi connectivity index (χ1n) is 8.47. The van der Waals surface area contributed by atoms with Crippen molar-refractivity contribution in [3.63, 3.8) is 0 Å². The summed E-state index contributed by atoms with van der Waals surface area (Å²) in [4.78, 5) is 11.3. The number of carbonyl (C=O) groups is 1. The molecule has 0 amide bonds. The van der Waals surface area contributed by atoms with Crippen LogP contribution in [0.15, 0.2) is 0 Å². The highest BCUT2D eigenvalue weighted by atomic mass is 32.3. The fraction of sp³-hybridized carbons (Fsp3) is 0.917. The van der Waals surface area contributed by atoms with E-state index in [0.29, 0.717) is 0 Å². The quantitative estimate of drug-likeness (QED) is 0.140. The Labute approximate surface area is 179 Å². The Hall–Kier alpha value is -1.11. The molecule has 0 unspecified atom stereocenters. The van der Waals surface area contributed by atoms with Gasteiger partial charge in [-0.25, -0.2) is 13.2 Å². The molecule has 2 saturated heterocycles. The lowest BCUT2D eigenvalue weighted by Crippen LogP contribution is -2.67. The van der Waals surface area contributed by atoms with Crippen LogP contribution in [0.3, 0.4) is 0 Å². The third kappa shape index (κ3) is 6.48. The zero-order valence-electron chi connectivity index (χ0n) is 15.6. The largest absolute Gasteiger partial charge is 0.479 e. The van der Waals surface area contributed by atoms with E-state index in [2.05, 4.69) is 8.37 Å². The standard InChI is InChI=1S/C12H21NO17S2/c13-3-7(29-31(20,21)22)6(2(1-14)26-11(3)19)27-12-9(30-32(23,24)25)5(16)4(15)8(28-12)10(17)18/h2-9,11-12,14-16,19H,1,13H2,(H,17,18)(H,20,21,22)(H,23,24,25)/t2-,3-,4+,5+,6-,7-,8-,9-,11+,12-/m1/s1. The van der Waals surface area contributed by atoms with Crippen molar-refractivity contribution in [3.8, 4) is 0 Å². The number of hydrogen-bond acceptors (Lipinski definition) is 15. The van der Waals surface area contributed by atoms with E-state index in [-0.39, 0.29) is 0 Å². The first kappa shape index (κ1) is 27.1. The highest BCUT2D eigenvalue weighted by Gasteiger charge is 2.54. The maximum atomic E-state index is 11.3. The first-order valence-corrected chi connectivity index (χ1v) is 11.2. The normalized spacial score (nSPS) is 41.3. The first-order chi connectivity index (χ1) is 14.6. The summed E-state index contributed by atoms with van der Waals surface area (Å²) in [7, 11) is -10.6. The third-order valence-corrected chi connectivity index (χ3v) is 5.37. The minimum atomic E-state index is -5.36. The van der Waals surface area contributed by atoms with Gasteiger partial charge in [0.2, 0.25) is 0 Å². The number of carboxylic acid groups (broad SMARTS) is 1. The summed E-state index contributed by atoms with van der Waals surface area (Å²) in [6.45, 7) is -1.02. The van der Waals surface area contributed by atoms with E-state index < -0.39 is 94.7 Å². The van der Waals surface area contributed by atoms with Crippen molar-refractivity contribution >= 4 is 26.8 Å². The summed E-state index contributed by atoms with van der Waals surface area (Å²) < 4.78 is 86.1. The number of nitrogens with two attached hydrogens (primary N) is 1. The molecule has 2 fully saturated rings. The lowest BCUT2D eigenvalue weighted by molar-refractivity contribution is -0.334. The molecular formula is C12H21NO17S2. The number of ether oxygens (including phenoxy) is 3. The fourth-order valence-corrected chi connectivity index (χ4v) is 4.06. The average molecular weight is 515 g/mol. The second-order valence-electron chi connectivity index (χ2n) is 6.65. The summed E-state index contributed by atoms with van der Waals surface area (Å²) in [5.74, 6) is -1.85. The number of carboxylic acids is 1. The SMILES string of the molecule is N[C@@H]1[C@@H](OS(=O)(=O)O)[C@H](O[C@@H]2O[C@@H](C(=O)O)[C@@H](O)[C@H](O)[C@H]2OS(=O)(=O)O)[C@@H](CO)O[C@@H]1O. The third-order valence-electron chi connectivity index (χ3n) is 4.44. The number of aliphatic hydroxyl groups excluding tert-OH is 4. The highest BCUT2D eigenvalue weighted by molar-refractivity contribution is 7.81. The van der Waals surface area contributed by atoms with Crippen LogP contribution in [0.2, 0.25) is 0 Å². The molecule has 10 atom stereocenters. The molecule has 2 aliphatic heterocycles. The molecule has 188 valence electrons. The number of hydrogen-bond donors (Lipinski definition) is 8. The van der Waals surface area contributed by atoms with Crippen LogP contribution < -0.4 is 5.73 Å². The molecule has 2 heterocycles. The molecule has 0 radical (unpaired) electrons. The predicted octanol–water partition coefficient (Wildman–Crippen LogP) is -5.68. The Morgan fingerprint density at radius 1 is 0.906 bits per heavy atom. The molecule has 0 aliphatic carbocycles. The zero-order valence-corrected chi connectivity index (χ0v) is 17.2. The van der Waals surface area contributed by atoms with Crippen molar-refractivity contribution in [2.75, 3.05) is 6.61 Å². The summed E-state index contributed by atoms with van der Waals surface area (Å²) >= 11 is 0. The van der Waals surface area contributed by atoms with Crippen molar-refractivity contribution in [2.45, 2.75) is 61.3 Å². The molecule has 0 aromatic carbocycles. The van der Waals surface area contributed by atoms with Gasteiger partial charge < -0.3 is 45.5 Å². The van der Waals surface area contributed by atoms with Crippen LogP contribution in [0.1, 0.15) is 0 Å². The van der Waals surface area contributed by atoms with Crippen LogP contribution >= 0.6 is 0 Å². The lowest BCUT2D eigenvalue weighted by Gasteiger charge is -2.46. The van der Waals surface area contributed by atoms with Crippen molar-refractivity contribution in [1.82, 2.24) is 0 Å². The number of aliphatic hydroxyl groups is 4. The van der Waals surface area contributed by atoms with Gasteiger partial charge in [0.25, 0.3) is 0 Å². The Morgan fingerprint density at radius 3 is 1.91 bits per heavy atom. The van der Waals surface area contributed by atoms with Crippen molar-refractivity contribution in [1.29, 1.82) is 0 Å². The summed E-state index contributed by atoms with van der Waals surface area (Å²) in [5, 5.41) is 48.4. The monoisotopic (exact) mass is 515 g/mol. The molecule has 2 aliphatic rings. The highest BCUT2D eigenvalue weighted by Crippen LogP contribution is 2.31. The van der Waals surface area contributed by atoms with Crippen molar-refractivity contribution < 1.29 is 78.8 Å². The summed E-state index contributed by atoms with van der Waals surface area (Å²) in [6.07, 6.45) is -19.2. The lowest BCUT2D eigenvalue weighted by atomic mass is 9.96. The van der Waals surface area contributed by atoms with E-state index in [1.807, 2.05) is 0 Å². The van der Waals surface area contributed by atoms with Crippen LogP contribution in [0.5, 0.6) is 0 Å². The van der Waals surface area contributed by atoms with Crippen LogP contribution in [0, 0.1) is 0 Å². The van der Waals surface area contributed by atoms with Gasteiger partial charge in [-0.3, -0.25) is 9.11 Å². The molecule has 32 heavy (non-hydrogen) atoms. The Kier molecular flexibility index (Phi) is 8.50. The number of aliphatic carboxylic acids is 1. The Bertz CT molecular complexity index is 878. The second-order valence-corrected chi connectivity index (χ2v) is 8.74. The molecule has 0 aromatic rings. The molecule has 18 nitrogen and oxygen atoms in total.